The first-order valence-corrected chi connectivity index (χ1v) is 9.87. The largest absolute Gasteiger partial charge is 0.324 e. The van der Waals surface area contributed by atoms with Crippen molar-refractivity contribution in [3.05, 3.63) is 77.9 Å². The van der Waals surface area contributed by atoms with Crippen molar-refractivity contribution in [2.24, 2.45) is 0 Å². The highest BCUT2D eigenvalue weighted by Gasteiger charge is 2.42. The lowest BCUT2D eigenvalue weighted by Crippen LogP contribution is -2.47. The monoisotopic (exact) mass is 386 g/mol. The normalized spacial score (nSPS) is 14.2. The van der Waals surface area contributed by atoms with Crippen molar-refractivity contribution < 1.29 is 14.4 Å². The summed E-state index contributed by atoms with van der Waals surface area (Å²) in [5.74, 6) is -1.15. The summed E-state index contributed by atoms with van der Waals surface area (Å²) in [6.07, 6.45) is 2.03. The van der Waals surface area contributed by atoms with Crippen molar-refractivity contribution >= 4 is 34.2 Å². The second-order valence-electron chi connectivity index (χ2n) is 7.20. The minimum Gasteiger partial charge on any atom is -0.324 e. The molecule has 29 heavy (non-hydrogen) atoms. The summed E-state index contributed by atoms with van der Waals surface area (Å²) in [7, 11) is 0. The molecule has 1 aliphatic heterocycles. The molecule has 0 fully saturated rings. The van der Waals surface area contributed by atoms with Gasteiger partial charge in [0.2, 0.25) is 5.91 Å². The topological polar surface area (TPSA) is 66.5 Å². The molecule has 0 unspecified atom stereocenters. The number of anilines is 1. The van der Waals surface area contributed by atoms with Crippen LogP contribution in [0.4, 0.5) is 5.69 Å². The first-order valence-electron chi connectivity index (χ1n) is 9.87. The molecule has 3 aromatic rings. The number of imide groups is 1. The number of carbonyl (C=O) groups excluding carboxylic acids is 3. The Bertz CT molecular complexity index is 1070. The molecule has 0 bridgehead atoms. The fraction of sp³-hybridized carbons (Fsp3) is 0.208. The van der Waals surface area contributed by atoms with E-state index in [0.717, 1.165) is 28.5 Å². The van der Waals surface area contributed by atoms with Crippen LogP contribution >= 0.6 is 0 Å². The van der Waals surface area contributed by atoms with Gasteiger partial charge in [-0.05, 0) is 30.0 Å². The molecule has 146 valence electrons. The maximum absolute atomic E-state index is 13.2. The van der Waals surface area contributed by atoms with E-state index in [1.807, 2.05) is 49.4 Å². The van der Waals surface area contributed by atoms with Crippen LogP contribution < -0.4 is 5.32 Å². The van der Waals surface area contributed by atoms with Gasteiger partial charge in [0.15, 0.2) is 0 Å². The van der Waals surface area contributed by atoms with Gasteiger partial charge in [-0.2, -0.15) is 0 Å². The number of benzene rings is 3. The summed E-state index contributed by atoms with van der Waals surface area (Å²) >= 11 is 0. The molecule has 0 spiro atoms. The van der Waals surface area contributed by atoms with Gasteiger partial charge in [0, 0.05) is 11.1 Å². The Hall–Kier alpha value is -3.47. The van der Waals surface area contributed by atoms with Crippen LogP contribution in [-0.2, 0) is 4.79 Å². The van der Waals surface area contributed by atoms with E-state index in [0.29, 0.717) is 23.2 Å². The van der Waals surface area contributed by atoms with E-state index in [4.69, 9.17) is 0 Å². The van der Waals surface area contributed by atoms with Crippen molar-refractivity contribution in [1.29, 1.82) is 0 Å². The predicted octanol–water partition coefficient (Wildman–Crippen LogP) is 4.63. The molecular formula is C24H22N2O3. The van der Waals surface area contributed by atoms with Crippen molar-refractivity contribution in [2.45, 2.75) is 32.2 Å². The SMILES string of the molecule is CCCC[C@H](C(=O)Nc1cccc2ccccc12)N1C(=O)c2ccccc2C1=O. The molecule has 0 radical (unpaired) electrons. The van der Waals surface area contributed by atoms with Crippen molar-refractivity contribution in [3.63, 3.8) is 0 Å². The van der Waals surface area contributed by atoms with E-state index >= 15 is 0 Å². The third-order valence-corrected chi connectivity index (χ3v) is 5.32. The summed E-state index contributed by atoms with van der Waals surface area (Å²) in [5, 5.41) is 4.88. The Balaban J connectivity index is 1.66. The smallest absolute Gasteiger partial charge is 0.262 e. The highest BCUT2D eigenvalue weighted by atomic mass is 16.2. The van der Waals surface area contributed by atoms with Gasteiger partial charge in [-0.1, -0.05) is 68.3 Å². The van der Waals surface area contributed by atoms with Crippen molar-refractivity contribution in [2.75, 3.05) is 5.32 Å². The van der Waals surface area contributed by atoms with Crippen LogP contribution in [0.1, 0.15) is 46.9 Å². The average Bonchev–Trinajstić information content (AvgIpc) is 3.00. The summed E-state index contributed by atoms with van der Waals surface area (Å²) in [4.78, 5) is 40.2. The maximum Gasteiger partial charge on any atom is 0.262 e. The maximum atomic E-state index is 13.2. The lowest BCUT2D eigenvalue weighted by atomic mass is 10.1. The van der Waals surface area contributed by atoms with Gasteiger partial charge in [-0.25, -0.2) is 0 Å². The highest BCUT2D eigenvalue weighted by Crippen LogP contribution is 2.28. The number of amides is 3. The zero-order valence-corrected chi connectivity index (χ0v) is 16.2. The van der Waals surface area contributed by atoms with E-state index in [9.17, 15) is 14.4 Å². The van der Waals surface area contributed by atoms with Crippen LogP contribution in [0.25, 0.3) is 10.8 Å². The van der Waals surface area contributed by atoms with Crippen molar-refractivity contribution in [1.82, 2.24) is 4.90 Å². The fourth-order valence-electron chi connectivity index (χ4n) is 3.82. The predicted molar refractivity (Wildman–Crippen MR) is 113 cm³/mol. The van der Waals surface area contributed by atoms with Gasteiger partial charge < -0.3 is 5.32 Å². The third kappa shape index (κ3) is 3.40. The molecule has 0 saturated carbocycles. The molecule has 0 aromatic heterocycles. The van der Waals surface area contributed by atoms with E-state index in [1.54, 1.807) is 24.3 Å². The molecule has 1 heterocycles. The zero-order chi connectivity index (χ0) is 20.4. The molecule has 3 amide bonds. The van der Waals surface area contributed by atoms with Gasteiger partial charge >= 0.3 is 0 Å². The molecule has 5 heteroatoms. The van der Waals surface area contributed by atoms with Gasteiger partial charge in [0.1, 0.15) is 6.04 Å². The minimum atomic E-state index is -0.846. The van der Waals surface area contributed by atoms with Gasteiger partial charge in [0.25, 0.3) is 11.8 Å². The molecule has 0 aliphatic carbocycles. The second-order valence-corrected chi connectivity index (χ2v) is 7.20. The summed E-state index contributed by atoms with van der Waals surface area (Å²) in [6, 6.07) is 19.3. The van der Waals surface area contributed by atoms with E-state index in [1.165, 1.54) is 0 Å². The average molecular weight is 386 g/mol. The molecular weight excluding hydrogens is 364 g/mol. The number of rotatable bonds is 6. The fourth-order valence-corrected chi connectivity index (χ4v) is 3.82. The number of carbonyl (C=O) groups is 3. The third-order valence-electron chi connectivity index (χ3n) is 5.32. The van der Waals surface area contributed by atoms with Crippen LogP contribution in [0.15, 0.2) is 66.7 Å². The van der Waals surface area contributed by atoms with Gasteiger partial charge in [-0.3, -0.25) is 19.3 Å². The van der Waals surface area contributed by atoms with Crippen LogP contribution in [0.5, 0.6) is 0 Å². The summed E-state index contributed by atoms with van der Waals surface area (Å²) in [6.45, 7) is 2.02. The van der Waals surface area contributed by atoms with E-state index in [2.05, 4.69) is 5.32 Å². The standard InChI is InChI=1S/C24H22N2O3/c1-2-3-15-21(26-23(28)18-12-6-7-13-19(18)24(26)29)22(27)25-20-14-8-10-16-9-4-5-11-17(16)20/h4-14,21H,2-3,15H2,1H3,(H,25,27)/t21-/m1/s1. The number of unbranched alkanes of at least 4 members (excludes halogenated alkanes) is 1. The number of nitrogens with zero attached hydrogens (tertiary/aromatic N) is 1. The Morgan fingerprint density at radius 2 is 1.52 bits per heavy atom. The van der Waals surface area contributed by atoms with Gasteiger partial charge in [-0.15, -0.1) is 0 Å². The highest BCUT2D eigenvalue weighted by molar-refractivity contribution is 6.23. The summed E-state index contributed by atoms with van der Waals surface area (Å²) < 4.78 is 0. The van der Waals surface area contributed by atoms with Crippen LogP contribution in [0.2, 0.25) is 0 Å². The van der Waals surface area contributed by atoms with Crippen LogP contribution in [-0.4, -0.2) is 28.7 Å². The lowest BCUT2D eigenvalue weighted by molar-refractivity contribution is -0.120. The van der Waals surface area contributed by atoms with Crippen LogP contribution in [0.3, 0.4) is 0 Å². The Labute approximate surface area is 169 Å². The van der Waals surface area contributed by atoms with Crippen LogP contribution in [0, 0.1) is 0 Å². The molecule has 3 aromatic carbocycles. The van der Waals surface area contributed by atoms with Crippen molar-refractivity contribution in [3.8, 4) is 0 Å². The number of hydrogen-bond acceptors (Lipinski definition) is 3. The Morgan fingerprint density at radius 3 is 2.21 bits per heavy atom. The Kier molecular flexibility index (Phi) is 5.12. The Morgan fingerprint density at radius 1 is 0.897 bits per heavy atom. The zero-order valence-electron chi connectivity index (χ0n) is 16.2. The first-order chi connectivity index (χ1) is 14.1. The number of nitrogens with one attached hydrogen (secondary N) is 1. The number of fused-ring (bicyclic) bond motifs is 2. The number of hydrogen-bond donors (Lipinski definition) is 1. The molecule has 0 saturated heterocycles. The first kappa shape index (κ1) is 18.9. The van der Waals surface area contributed by atoms with E-state index < -0.39 is 17.9 Å². The molecule has 4 rings (SSSR count). The lowest BCUT2D eigenvalue weighted by Gasteiger charge is -2.25. The van der Waals surface area contributed by atoms with Gasteiger partial charge in [0.05, 0.1) is 11.1 Å². The molecule has 1 atom stereocenters. The summed E-state index contributed by atoms with van der Waals surface area (Å²) in [5.41, 5.74) is 1.39. The van der Waals surface area contributed by atoms with E-state index in [-0.39, 0.29) is 5.91 Å². The molecule has 5 nitrogen and oxygen atoms in total. The minimum absolute atomic E-state index is 0.343. The second kappa shape index (κ2) is 7.87. The molecule has 1 N–H and O–H groups in total. The molecule has 1 aliphatic rings. The quantitative estimate of drug-likeness (QED) is 0.628.